The van der Waals surface area contributed by atoms with Crippen molar-refractivity contribution in [2.24, 2.45) is 0 Å². The Morgan fingerprint density at radius 2 is 1.36 bits per heavy atom. The Morgan fingerprint density at radius 1 is 0.788 bits per heavy atom. The van der Waals surface area contributed by atoms with Gasteiger partial charge in [-0.2, -0.15) is 10.2 Å². The van der Waals surface area contributed by atoms with Gasteiger partial charge in [0.25, 0.3) is 0 Å². The van der Waals surface area contributed by atoms with Crippen molar-refractivity contribution in [2.75, 3.05) is 0 Å². The average Bonchev–Trinajstić information content (AvgIpc) is 3.54. The molecular formula is C21H40N10O2. The molecule has 0 radical (unpaired) electrons. The topological polar surface area (TPSA) is 130 Å². The Labute approximate surface area is 197 Å². The van der Waals surface area contributed by atoms with Gasteiger partial charge in [0.2, 0.25) is 12.8 Å². The zero-order chi connectivity index (χ0) is 24.5. The number of rotatable bonds is 6. The van der Waals surface area contributed by atoms with Crippen LogP contribution in [0.1, 0.15) is 80.9 Å². The highest BCUT2D eigenvalue weighted by Crippen LogP contribution is 1.98. The number of nitrogens with zero attached hydrogens (tertiary/aromatic N) is 10. The summed E-state index contributed by atoms with van der Waals surface area (Å²) in [5.41, 5.74) is 0. The van der Waals surface area contributed by atoms with E-state index in [1.807, 2.05) is 30.8 Å². The molecule has 0 atom stereocenters. The van der Waals surface area contributed by atoms with Crippen LogP contribution in [-0.4, -0.2) is 68.5 Å². The standard InChI is InChI=1S/C6H10N2.C5H9N3.C5H9NO2.C4H8N4.CH4/c1-6(2)8-5-3-4-7-8;1-5(2)8-4-6-3-7-8;1-5(2)6(3-7)4-8;1-4(2)8-3-5-6-7-8;/h3-6H,1-2H3;2*3-5H,1-2H3;3-4H,1-2H3;1H4. The molecule has 186 valence electrons. The zero-order valence-corrected chi connectivity index (χ0v) is 20.2. The highest BCUT2D eigenvalue weighted by molar-refractivity contribution is 5.68. The van der Waals surface area contributed by atoms with Crippen LogP contribution in [0.3, 0.4) is 0 Å². The van der Waals surface area contributed by atoms with Crippen LogP contribution < -0.4 is 0 Å². The van der Waals surface area contributed by atoms with E-state index in [-0.39, 0.29) is 13.5 Å². The van der Waals surface area contributed by atoms with E-state index in [1.165, 1.54) is 0 Å². The Morgan fingerprint density at radius 3 is 1.55 bits per heavy atom. The molecule has 3 aromatic rings. The van der Waals surface area contributed by atoms with E-state index < -0.39 is 0 Å². The largest absolute Gasteiger partial charge is 0.285 e. The summed E-state index contributed by atoms with van der Waals surface area (Å²) < 4.78 is 5.42. The highest BCUT2D eigenvalue weighted by Gasteiger charge is 2.01. The van der Waals surface area contributed by atoms with Gasteiger partial charge in [-0.3, -0.25) is 23.9 Å². The summed E-state index contributed by atoms with van der Waals surface area (Å²) in [6.45, 7) is 15.9. The second kappa shape index (κ2) is 18.2. The van der Waals surface area contributed by atoms with Crippen LogP contribution in [0.5, 0.6) is 0 Å². The smallest absolute Gasteiger partial charge is 0.216 e. The van der Waals surface area contributed by atoms with E-state index in [4.69, 9.17) is 0 Å². The molecule has 0 bridgehead atoms. The van der Waals surface area contributed by atoms with Gasteiger partial charge >= 0.3 is 0 Å². The van der Waals surface area contributed by atoms with Gasteiger partial charge in [-0.05, 0) is 71.9 Å². The molecule has 2 amide bonds. The third-order valence-corrected chi connectivity index (χ3v) is 3.75. The quantitative estimate of drug-likeness (QED) is 0.508. The summed E-state index contributed by atoms with van der Waals surface area (Å²) in [6, 6.07) is 3.19. The molecule has 0 aliphatic rings. The lowest BCUT2D eigenvalue weighted by molar-refractivity contribution is -0.131. The molecule has 12 heteroatoms. The molecule has 0 saturated carbocycles. The molecule has 0 aromatic carbocycles. The lowest BCUT2D eigenvalue weighted by Gasteiger charge is -2.11. The molecule has 0 unspecified atom stereocenters. The maximum atomic E-state index is 9.87. The lowest BCUT2D eigenvalue weighted by atomic mass is 10.4. The molecule has 0 spiro atoms. The highest BCUT2D eigenvalue weighted by atomic mass is 16.2. The molecule has 3 rings (SSSR count). The predicted molar refractivity (Wildman–Crippen MR) is 127 cm³/mol. The summed E-state index contributed by atoms with van der Waals surface area (Å²) in [7, 11) is 0. The molecule has 0 aliphatic carbocycles. The predicted octanol–water partition coefficient (Wildman–Crippen LogP) is 3.22. The van der Waals surface area contributed by atoms with Gasteiger partial charge in [0, 0.05) is 36.6 Å². The Balaban J connectivity index is 0. The number of hydrogen-bond donors (Lipinski definition) is 0. The number of imide groups is 1. The number of hydrogen-bond acceptors (Lipinski definition) is 8. The Hall–Kier alpha value is -3.44. The van der Waals surface area contributed by atoms with E-state index in [2.05, 4.69) is 58.4 Å². The van der Waals surface area contributed by atoms with Crippen LogP contribution in [0, 0.1) is 0 Å². The van der Waals surface area contributed by atoms with Gasteiger partial charge in [-0.25, -0.2) is 9.67 Å². The van der Waals surface area contributed by atoms with Gasteiger partial charge in [0.05, 0.1) is 0 Å². The maximum absolute atomic E-state index is 9.87. The molecule has 0 N–H and O–H groups in total. The number of aromatic nitrogens is 9. The summed E-state index contributed by atoms with van der Waals surface area (Å²) in [5, 5.41) is 18.6. The van der Waals surface area contributed by atoms with Gasteiger partial charge < -0.3 is 0 Å². The number of amides is 2. The first kappa shape index (κ1) is 31.7. The first-order chi connectivity index (χ1) is 15.1. The molecule has 12 nitrogen and oxygen atoms in total. The van der Waals surface area contributed by atoms with Crippen molar-refractivity contribution in [2.45, 2.75) is 87.0 Å². The third-order valence-electron chi connectivity index (χ3n) is 3.75. The van der Waals surface area contributed by atoms with Crippen LogP contribution in [0.25, 0.3) is 0 Å². The Bertz CT molecular complexity index is 699. The number of carbonyl (C=O) groups excluding carboxylic acids is 2. The van der Waals surface area contributed by atoms with Crippen molar-refractivity contribution < 1.29 is 9.59 Å². The molecule has 0 aliphatic heterocycles. The van der Waals surface area contributed by atoms with Crippen molar-refractivity contribution in [3.05, 3.63) is 37.4 Å². The fourth-order valence-corrected chi connectivity index (χ4v) is 1.74. The Kier molecular flexibility index (Phi) is 17.5. The van der Waals surface area contributed by atoms with E-state index in [9.17, 15) is 9.59 Å². The van der Waals surface area contributed by atoms with Crippen LogP contribution in [0.4, 0.5) is 0 Å². The average molecular weight is 465 g/mol. The van der Waals surface area contributed by atoms with Crippen molar-refractivity contribution in [3.63, 3.8) is 0 Å². The monoisotopic (exact) mass is 464 g/mol. The number of carbonyl (C=O) groups is 2. The molecule has 3 heterocycles. The molecule has 33 heavy (non-hydrogen) atoms. The molecule has 0 saturated heterocycles. The lowest BCUT2D eigenvalue weighted by Crippen LogP contribution is -2.27. The van der Waals surface area contributed by atoms with Gasteiger partial charge in [0.1, 0.15) is 19.0 Å². The van der Waals surface area contributed by atoms with Crippen LogP contribution in [0.15, 0.2) is 37.4 Å². The third kappa shape index (κ3) is 14.3. The van der Waals surface area contributed by atoms with Crippen LogP contribution in [0.2, 0.25) is 0 Å². The summed E-state index contributed by atoms with van der Waals surface area (Å²) >= 11 is 0. The van der Waals surface area contributed by atoms with Crippen molar-refractivity contribution in [1.29, 1.82) is 0 Å². The van der Waals surface area contributed by atoms with E-state index in [1.54, 1.807) is 48.4 Å². The summed E-state index contributed by atoms with van der Waals surface area (Å²) in [6.07, 6.45) is 9.63. The summed E-state index contributed by atoms with van der Waals surface area (Å²) in [4.78, 5) is 24.6. The second-order valence-corrected chi connectivity index (χ2v) is 7.68. The zero-order valence-electron chi connectivity index (χ0n) is 20.2. The number of tetrazole rings is 1. The van der Waals surface area contributed by atoms with Crippen molar-refractivity contribution in [1.82, 2.24) is 49.7 Å². The van der Waals surface area contributed by atoms with Crippen molar-refractivity contribution in [3.8, 4) is 0 Å². The van der Waals surface area contributed by atoms with Gasteiger partial charge in [-0.15, -0.1) is 5.10 Å². The van der Waals surface area contributed by atoms with Crippen molar-refractivity contribution >= 4 is 12.8 Å². The fourth-order valence-electron chi connectivity index (χ4n) is 1.74. The molecule has 0 fully saturated rings. The van der Waals surface area contributed by atoms with Crippen LogP contribution in [-0.2, 0) is 9.59 Å². The van der Waals surface area contributed by atoms with Crippen LogP contribution >= 0.6 is 0 Å². The minimum Gasteiger partial charge on any atom is -0.285 e. The van der Waals surface area contributed by atoms with E-state index in [0.29, 0.717) is 30.9 Å². The molecular weight excluding hydrogens is 424 g/mol. The second-order valence-electron chi connectivity index (χ2n) is 7.68. The normalized spacial score (nSPS) is 9.70. The first-order valence-electron chi connectivity index (χ1n) is 10.4. The molecule has 3 aromatic heterocycles. The van der Waals surface area contributed by atoms with E-state index >= 15 is 0 Å². The SMILES string of the molecule is C.CC(C)N(C=O)C=O.CC(C)n1cccn1.CC(C)n1cncn1.CC(C)n1cnnn1. The van der Waals surface area contributed by atoms with Gasteiger partial charge in [0.15, 0.2) is 0 Å². The van der Waals surface area contributed by atoms with E-state index in [0.717, 1.165) is 4.90 Å². The summed E-state index contributed by atoms with van der Waals surface area (Å²) in [5.74, 6) is 0. The van der Waals surface area contributed by atoms with Gasteiger partial charge in [-0.1, -0.05) is 7.43 Å². The maximum Gasteiger partial charge on any atom is 0.216 e. The fraction of sp³-hybridized carbons (Fsp3) is 0.619. The minimum absolute atomic E-state index is 0. The minimum atomic E-state index is -0.0231. The first-order valence-corrected chi connectivity index (χ1v) is 10.4.